The Morgan fingerprint density at radius 2 is 1.88 bits per heavy atom. The van der Waals surface area contributed by atoms with Gasteiger partial charge in [-0.3, -0.25) is 4.79 Å². The molecule has 24 heavy (non-hydrogen) atoms. The summed E-state index contributed by atoms with van der Waals surface area (Å²) in [4.78, 5) is 16.8. The Balaban J connectivity index is 1.65. The topological polar surface area (TPSA) is 64.9 Å². The number of nitrogens with zero attached hydrogens (tertiary/aromatic N) is 2. The number of rotatable bonds is 6. The van der Waals surface area contributed by atoms with Crippen molar-refractivity contribution < 1.29 is 14.3 Å². The highest BCUT2D eigenvalue weighted by Gasteiger charge is 2.11. The van der Waals surface area contributed by atoms with Gasteiger partial charge in [0.05, 0.1) is 25.5 Å². The first kappa shape index (κ1) is 15.9. The van der Waals surface area contributed by atoms with Crippen LogP contribution in [0.1, 0.15) is 16.1 Å². The van der Waals surface area contributed by atoms with E-state index < -0.39 is 0 Å². The van der Waals surface area contributed by atoms with Gasteiger partial charge >= 0.3 is 0 Å². The molecule has 1 aromatic carbocycles. The minimum absolute atomic E-state index is 0.159. The molecule has 3 aromatic rings. The Morgan fingerprint density at radius 1 is 1.12 bits per heavy atom. The fourth-order valence-electron chi connectivity index (χ4n) is 2.55. The van der Waals surface area contributed by atoms with Crippen molar-refractivity contribution in [3.63, 3.8) is 0 Å². The van der Waals surface area contributed by atoms with Gasteiger partial charge in [-0.2, -0.15) is 0 Å². The van der Waals surface area contributed by atoms with Crippen molar-refractivity contribution in [2.75, 3.05) is 20.8 Å². The van der Waals surface area contributed by atoms with Crippen LogP contribution < -0.4 is 14.8 Å². The molecule has 6 heteroatoms. The predicted octanol–water partition coefficient (Wildman–Crippen LogP) is 2.32. The van der Waals surface area contributed by atoms with Gasteiger partial charge in [-0.15, -0.1) is 0 Å². The van der Waals surface area contributed by atoms with E-state index in [2.05, 4.69) is 10.3 Å². The van der Waals surface area contributed by atoms with E-state index in [-0.39, 0.29) is 5.91 Å². The summed E-state index contributed by atoms with van der Waals surface area (Å²) in [5.74, 6) is 1.13. The summed E-state index contributed by atoms with van der Waals surface area (Å²) >= 11 is 0. The molecule has 0 saturated carbocycles. The molecule has 0 aliphatic carbocycles. The van der Waals surface area contributed by atoms with Crippen molar-refractivity contribution in [2.24, 2.45) is 0 Å². The number of benzene rings is 1. The third-order valence-electron chi connectivity index (χ3n) is 3.74. The van der Waals surface area contributed by atoms with Crippen LogP contribution in [0.2, 0.25) is 0 Å². The molecule has 1 N–H and O–H groups in total. The molecule has 0 saturated heterocycles. The lowest BCUT2D eigenvalue weighted by atomic mass is 10.2. The van der Waals surface area contributed by atoms with E-state index in [1.807, 2.05) is 41.1 Å². The third kappa shape index (κ3) is 3.17. The molecule has 0 radical (unpaired) electrons. The summed E-state index contributed by atoms with van der Waals surface area (Å²) in [5, 5.41) is 2.90. The highest BCUT2D eigenvalue weighted by atomic mass is 16.5. The Bertz CT molecular complexity index is 858. The van der Waals surface area contributed by atoms with Crippen molar-refractivity contribution in [1.29, 1.82) is 0 Å². The van der Waals surface area contributed by atoms with E-state index in [0.717, 1.165) is 17.1 Å². The Labute approximate surface area is 140 Å². The lowest BCUT2D eigenvalue weighted by Gasteiger charge is -2.08. The lowest BCUT2D eigenvalue weighted by Crippen LogP contribution is -2.26. The number of hydrogen-bond donors (Lipinski definition) is 1. The molecule has 0 unspecified atom stereocenters. The van der Waals surface area contributed by atoms with E-state index >= 15 is 0 Å². The quantitative estimate of drug-likeness (QED) is 0.755. The van der Waals surface area contributed by atoms with Gasteiger partial charge in [-0.25, -0.2) is 4.98 Å². The number of carbonyl (C=O) groups excluding carboxylic acids is 1. The summed E-state index contributed by atoms with van der Waals surface area (Å²) in [5.41, 5.74) is 2.18. The number of pyridine rings is 1. The van der Waals surface area contributed by atoms with Crippen LogP contribution in [0.25, 0.3) is 5.65 Å². The summed E-state index contributed by atoms with van der Waals surface area (Å²) < 4.78 is 12.4. The number of nitrogens with one attached hydrogen (secondary N) is 1. The first-order valence-corrected chi connectivity index (χ1v) is 7.64. The van der Waals surface area contributed by atoms with Gasteiger partial charge in [-0.1, -0.05) is 12.1 Å². The fraction of sp³-hybridized carbons (Fsp3) is 0.222. The van der Waals surface area contributed by atoms with E-state index in [1.54, 1.807) is 26.4 Å². The van der Waals surface area contributed by atoms with E-state index in [4.69, 9.17) is 9.47 Å². The standard InChI is InChI=1S/C18H19N3O3/c1-23-15-7-4-3-6-14(15)18(22)19-10-9-13-12-21-11-5-8-16(24-2)17(21)20-13/h3-8,11-12H,9-10H2,1-2H3,(H,19,22). The molecule has 0 atom stereocenters. The smallest absolute Gasteiger partial charge is 0.255 e. The van der Waals surface area contributed by atoms with Crippen LogP contribution in [-0.2, 0) is 6.42 Å². The number of carbonyl (C=O) groups is 1. The normalized spacial score (nSPS) is 10.6. The van der Waals surface area contributed by atoms with E-state index in [0.29, 0.717) is 24.3 Å². The molecule has 124 valence electrons. The molecule has 0 spiro atoms. The van der Waals surface area contributed by atoms with Crippen LogP contribution in [0.15, 0.2) is 48.8 Å². The molecule has 0 aliphatic rings. The van der Waals surface area contributed by atoms with Gasteiger partial charge in [0.1, 0.15) is 5.75 Å². The zero-order valence-corrected chi connectivity index (χ0v) is 13.7. The minimum atomic E-state index is -0.159. The molecule has 1 amide bonds. The second-order valence-electron chi connectivity index (χ2n) is 5.25. The predicted molar refractivity (Wildman–Crippen MR) is 90.8 cm³/mol. The van der Waals surface area contributed by atoms with Crippen molar-refractivity contribution in [1.82, 2.24) is 14.7 Å². The number of aromatic nitrogens is 2. The highest BCUT2D eigenvalue weighted by molar-refractivity contribution is 5.96. The SMILES string of the molecule is COc1ccccc1C(=O)NCCc1cn2cccc(OC)c2n1. The third-order valence-corrected chi connectivity index (χ3v) is 3.74. The Kier molecular flexibility index (Phi) is 4.65. The van der Waals surface area contributed by atoms with Crippen LogP contribution >= 0.6 is 0 Å². The zero-order chi connectivity index (χ0) is 16.9. The molecule has 0 aliphatic heterocycles. The van der Waals surface area contributed by atoms with Gasteiger partial charge in [0.25, 0.3) is 5.91 Å². The maximum absolute atomic E-state index is 12.3. The van der Waals surface area contributed by atoms with Crippen LogP contribution in [0.3, 0.4) is 0 Å². The van der Waals surface area contributed by atoms with E-state index in [1.165, 1.54) is 0 Å². The molecule has 0 bridgehead atoms. The number of methoxy groups -OCH3 is 2. The molecule has 0 fully saturated rings. The Morgan fingerprint density at radius 3 is 2.67 bits per heavy atom. The Hall–Kier alpha value is -3.02. The zero-order valence-electron chi connectivity index (χ0n) is 13.7. The number of hydrogen-bond acceptors (Lipinski definition) is 4. The van der Waals surface area contributed by atoms with Gasteiger partial charge in [0.15, 0.2) is 11.4 Å². The monoisotopic (exact) mass is 325 g/mol. The largest absolute Gasteiger partial charge is 0.496 e. The number of imidazole rings is 1. The first-order chi connectivity index (χ1) is 11.7. The minimum Gasteiger partial charge on any atom is -0.496 e. The number of ether oxygens (including phenoxy) is 2. The molecular formula is C18H19N3O3. The fourth-order valence-corrected chi connectivity index (χ4v) is 2.55. The highest BCUT2D eigenvalue weighted by Crippen LogP contribution is 2.19. The maximum atomic E-state index is 12.3. The van der Waals surface area contributed by atoms with Crippen molar-refractivity contribution in [3.8, 4) is 11.5 Å². The molecular weight excluding hydrogens is 306 g/mol. The molecule has 2 aromatic heterocycles. The summed E-state index contributed by atoms with van der Waals surface area (Å²) in [7, 11) is 3.17. The van der Waals surface area contributed by atoms with Crippen LogP contribution in [0.4, 0.5) is 0 Å². The summed E-state index contributed by atoms with van der Waals surface area (Å²) in [6.45, 7) is 0.489. The van der Waals surface area contributed by atoms with Gasteiger partial charge in [-0.05, 0) is 24.3 Å². The van der Waals surface area contributed by atoms with Gasteiger partial charge < -0.3 is 19.2 Å². The average Bonchev–Trinajstić information content (AvgIpc) is 3.04. The van der Waals surface area contributed by atoms with Crippen molar-refractivity contribution >= 4 is 11.6 Å². The van der Waals surface area contributed by atoms with Crippen molar-refractivity contribution in [3.05, 3.63) is 60.0 Å². The maximum Gasteiger partial charge on any atom is 0.255 e. The van der Waals surface area contributed by atoms with Crippen LogP contribution in [0.5, 0.6) is 11.5 Å². The average molecular weight is 325 g/mol. The van der Waals surface area contributed by atoms with Crippen molar-refractivity contribution in [2.45, 2.75) is 6.42 Å². The van der Waals surface area contributed by atoms with Crippen LogP contribution in [0, 0.1) is 0 Å². The van der Waals surface area contributed by atoms with E-state index in [9.17, 15) is 4.79 Å². The summed E-state index contributed by atoms with van der Waals surface area (Å²) in [6.07, 6.45) is 4.49. The number of fused-ring (bicyclic) bond motifs is 1. The van der Waals surface area contributed by atoms with Gasteiger partial charge in [0.2, 0.25) is 0 Å². The molecule has 2 heterocycles. The first-order valence-electron chi connectivity index (χ1n) is 7.64. The molecule has 6 nitrogen and oxygen atoms in total. The lowest BCUT2D eigenvalue weighted by molar-refractivity contribution is 0.0951. The van der Waals surface area contributed by atoms with Gasteiger partial charge in [0, 0.05) is 25.4 Å². The number of amides is 1. The molecule has 3 rings (SSSR count). The van der Waals surface area contributed by atoms with Crippen LogP contribution in [-0.4, -0.2) is 36.1 Å². The summed E-state index contributed by atoms with van der Waals surface area (Å²) in [6, 6.07) is 10.9. The second-order valence-corrected chi connectivity index (χ2v) is 5.25. The number of para-hydroxylation sites is 1. The second kappa shape index (κ2) is 7.04.